The number of carbonyl (C=O) groups is 2. The lowest BCUT2D eigenvalue weighted by molar-refractivity contribution is 0.0696. The summed E-state index contributed by atoms with van der Waals surface area (Å²) in [6.45, 7) is 3.89. The summed E-state index contributed by atoms with van der Waals surface area (Å²) in [5.41, 5.74) is 1.47. The fourth-order valence-electron chi connectivity index (χ4n) is 2.65. The number of aromatic carboxylic acids is 1. The lowest BCUT2D eigenvalue weighted by Crippen LogP contribution is -2.05. The zero-order chi connectivity index (χ0) is 20.3. The van der Waals surface area contributed by atoms with Crippen LogP contribution in [0.4, 0.5) is 0 Å². The van der Waals surface area contributed by atoms with Gasteiger partial charge in [-0.15, -0.1) is 10.2 Å². The maximum absolute atomic E-state index is 12.9. The monoisotopic (exact) mass is 380 g/mol. The maximum atomic E-state index is 12.9. The highest BCUT2D eigenvalue weighted by molar-refractivity contribution is 6.29. The second-order valence-corrected chi connectivity index (χ2v) is 5.68. The van der Waals surface area contributed by atoms with Gasteiger partial charge in [-0.25, -0.2) is 4.79 Å². The quantitative estimate of drug-likeness (QED) is 0.473. The van der Waals surface area contributed by atoms with Gasteiger partial charge >= 0.3 is 5.97 Å². The van der Waals surface area contributed by atoms with Crippen molar-refractivity contribution in [3.8, 4) is 22.9 Å². The molecule has 0 amide bonds. The van der Waals surface area contributed by atoms with Crippen LogP contribution < -0.4 is 9.47 Å². The number of rotatable bonds is 7. The number of aromatic nitrogens is 4. The molecule has 0 spiro atoms. The van der Waals surface area contributed by atoms with Crippen LogP contribution in [0.3, 0.4) is 0 Å². The molecule has 3 rings (SSSR count). The molecule has 1 aromatic heterocycles. The Labute approximate surface area is 159 Å². The number of hydrogen-bond acceptors (Lipinski definition) is 7. The second-order valence-electron chi connectivity index (χ2n) is 5.68. The Morgan fingerprint density at radius 1 is 1.04 bits per heavy atom. The van der Waals surface area contributed by atoms with E-state index in [1.807, 2.05) is 0 Å². The minimum atomic E-state index is -1.07. The molecular weight excluding hydrogens is 364 g/mol. The third-order valence-electron chi connectivity index (χ3n) is 4.10. The van der Waals surface area contributed by atoms with Gasteiger partial charge in [0.2, 0.25) is 5.82 Å². The number of ketones is 1. The van der Waals surface area contributed by atoms with Gasteiger partial charge in [-0.05, 0) is 23.4 Å². The molecule has 0 aliphatic heterocycles. The number of carboxylic acid groups (broad SMARTS) is 1. The van der Waals surface area contributed by atoms with E-state index in [0.717, 1.165) is 0 Å². The first kappa shape index (κ1) is 18.8. The third kappa shape index (κ3) is 3.45. The first-order chi connectivity index (χ1) is 13.5. The van der Waals surface area contributed by atoms with Crippen LogP contribution in [0.25, 0.3) is 17.0 Å². The number of nitrogens with zero attached hydrogens (tertiary/aromatic N) is 3. The number of nitrogens with one attached hydrogen (secondary N) is 1. The molecule has 3 aromatic rings. The molecule has 0 aliphatic rings. The van der Waals surface area contributed by atoms with Gasteiger partial charge in [-0.3, -0.25) is 4.79 Å². The highest BCUT2D eigenvalue weighted by atomic mass is 16.5. The number of tetrazole rings is 1. The van der Waals surface area contributed by atoms with Gasteiger partial charge in [0.15, 0.2) is 5.78 Å². The smallest absolute Gasteiger partial charge is 0.335 e. The fraction of sp³-hybridized carbons (Fsp3) is 0.105. The van der Waals surface area contributed by atoms with Crippen molar-refractivity contribution in [2.45, 2.75) is 0 Å². The molecule has 1 heterocycles. The molecular formula is C19H16N4O5. The van der Waals surface area contributed by atoms with Gasteiger partial charge in [-0.2, -0.15) is 5.21 Å². The Morgan fingerprint density at radius 2 is 1.68 bits per heavy atom. The summed E-state index contributed by atoms with van der Waals surface area (Å²) in [6.07, 6.45) is 0. The van der Waals surface area contributed by atoms with Crippen LogP contribution >= 0.6 is 0 Å². The van der Waals surface area contributed by atoms with Gasteiger partial charge in [-0.1, -0.05) is 18.7 Å². The predicted molar refractivity (Wildman–Crippen MR) is 99.5 cm³/mol. The zero-order valence-corrected chi connectivity index (χ0v) is 15.1. The highest BCUT2D eigenvalue weighted by Gasteiger charge is 2.21. The minimum absolute atomic E-state index is 0.0867. The zero-order valence-electron chi connectivity index (χ0n) is 15.1. The van der Waals surface area contributed by atoms with Crippen molar-refractivity contribution < 1.29 is 24.2 Å². The largest absolute Gasteiger partial charge is 0.496 e. The summed E-state index contributed by atoms with van der Waals surface area (Å²) < 4.78 is 10.7. The van der Waals surface area contributed by atoms with E-state index < -0.39 is 5.97 Å². The van der Waals surface area contributed by atoms with Crippen LogP contribution in [0.1, 0.15) is 26.3 Å². The van der Waals surface area contributed by atoms with E-state index >= 15 is 0 Å². The average molecular weight is 380 g/mol. The number of aromatic amines is 1. The maximum Gasteiger partial charge on any atom is 0.335 e. The first-order valence-electron chi connectivity index (χ1n) is 8.03. The van der Waals surface area contributed by atoms with Crippen molar-refractivity contribution in [3.05, 3.63) is 59.7 Å². The van der Waals surface area contributed by atoms with Crippen LogP contribution in [-0.2, 0) is 0 Å². The van der Waals surface area contributed by atoms with Crippen LogP contribution in [0.5, 0.6) is 11.5 Å². The summed E-state index contributed by atoms with van der Waals surface area (Å²) in [7, 11) is 2.95. The molecule has 0 aliphatic carbocycles. The first-order valence-corrected chi connectivity index (χ1v) is 8.03. The number of hydrogen-bond donors (Lipinski definition) is 2. The molecule has 28 heavy (non-hydrogen) atoms. The average Bonchev–Trinajstić information content (AvgIpc) is 3.26. The summed E-state index contributed by atoms with van der Waals surface area (Å²) in [5.74, 6) is -0.344. The molecule has 0 bridgehead atoms. The molecule has 0 atom stereocenters. The molecule has 9 heteroatoms. The summed E-state index contributed by atoms with van der Waals surface area (Å²) in [4.78, 5) is 23.8. The lowest BCUT2D eigenvalue weighted by atomic mass is 9.95. The summed E-state index contributed by atoms with van der Waals surface area (Å²) in [5, 5.41) is 22.8. The highest BCUT2D eigenvalue weighted by Crippen LogP contribution is 2.37. The lowest BCUT2D eigenvalue weighted by Gasteiger charge is -2.14. The number of ether oxygens (including phenoxy) is 2. The Morgan fingerprint density at radius 3 is 2.21 bits per heavy atom. The van der Waals surface area contributed by atoms with Crippen LogP contribution in [0, 0.1) is 0 Å². The van der Waals surface area contributed by atoms with Crippen molar-refractivity contribution in [2.24, 2.45) is 0 Å². The van der Waals surface area contributed by atoms with Gasteiger partial charge < -0.3 is 14.6 Å². The SMILES string of the molecule is C=C(C(=O)c1ccc(C(=O)O)cc1)c1cc(-c2nn[nH]n2)c(OC)cc1OC. The van der Waals surface area contributed by atoms with Crippen LogP contribution in [-0.4, -0.2) is 51.7 Å². The van der Waals surface area contributed by atoms with E-state index in [2.05, 4.69) is 27.2 Å². The number of methoxy groups -OCH3 is 2. The molecule has 0 fully saturated rings. The van der Waals surface area contributed by atoms with Crippen molar-refractivity contribution in [1.82, 2.24) is 20.6 Å². The molecule has 2 N–H and O–H groups in total. The number of H-pyrrole nitrogens is 1. The molecule has 142 valence electrons. The van der Waals surface area contributed by atoms with E-state index in [9.17, 15) is 9.59 Å². The Kier molecular flexibility index (Phi) is 5.16. The number of Topliss-reactive ketones (excluding diaryl/α,β-unsaturated/α-hetero) is 1. The number of benzene rings is 2. The third-order valence-corrected chi connectivity index (χ3v) is 4.10. The molecule has 9 nitrogen and oxygen atoms in total. The number of allylic oxidation sites excluding steroid dienone is 1. The number of carboxylic acids is 1. The van der Waals surface area contributed by atoms with Crippen molar-refractivity contribution in [3.63, 3.8) is 0 Å². The molecule has 0 radical (unpaired) electrons. The molecule has 2 aromatic carbocycles. The van der Waals surface area contributed by atoms with E-state index in [1.165, 1.54) is 38.5 Å². The fourth-order valence-corrected chi connectivity index (χ4v) is 2.65. The Bertz CT molecular complexity index is 1040. The Hall–Kier alpha value is -4.01. The topological polar surface area (TPSA) is 127 Å². The van der Waals surface area contributed by atoms with Gasteiger partial charge in [0.1, 0.15) is 11.5 Å². The standard InChI is InChI=1S/C19H16N4O5/c1-10(17(24)11-4-6-12(7-5-11)19(25)26)13-8-14(18-20-22-23-21-18)16(28-3)9-15(13)27-2/h4-9H,1H2,2-3H3,(H,25,26)(H,20,21,22,23). The number of carbonyl (C=O) groups excluding carboxylic acids is 1. The molecule has 0 saturated heterocycles. The molecule has 0 saturated carbocycles. The van der Waals surface area contributed by atoms with Crippen molar-refractivity contribution in [2.75, 3.05) is 14.2 Å². The van der Waals surface area contributed by atoms with Crippen molar-refractivity contribution in [1.29, 1.82) is 0 Å². The normalized spacial score (nSPS) is 10.4. The van der Waals surface area contributed by atoms with Crippen LogP contribution in [0.2, 0.25) is 0 Å². The van der Waals surface area contributed by atoms with Gasteiger partial charge in [0.05, 0.1) is 25.3 Å². The van der Waals surface area contributed by atoms with E-state index in [-0.39, 0.29) is 22.7 Å². The van der Waals surface area contributed by atoms with E-state index in [4.69, 9.17) is 14.6 Å². The Balaban J connectivity index is 2.03. The van der Waals surface area contributed by atoms with Crippen molar-refractivity contribution >= 4 is 17.3 Å². The van der Waals surface area contributed by atoms with E-state index in [1.54, 1.807) is 12.1 Å². The minimum Gasteiger partial charge on any atom is -0.496 e. The summed E-state index contributed by atoms with van der Waals surface area (Å²) >= 11 is 0. The van der Waals surface area contributed by atoms with Crippen LogP contribution in [0.15, 0.2) is 43.0 Å². The van der Waals surface area contributed by atoms with Gasteiger partial charge in [0, 0.05) is 22.8 Å². The van der Waals surface area contributed by atoms with Gasteiger partial charge in [0.25, 0.3) is 0 Å². The summed E-state index contributed by atoms with van der Waals surface area (Å²) in [6, 6.07) is 8.83. The van der Waals surface area contributed by atoms with E-state index in [0.29, 0.717) is 28.2 Å². The molecule has 0 unspecified atom stereocenters. The predicted octanol–water partition coefficient (Wildman–Crippen LogP) is 2.48. The second kappa shape index (κ2) is 7.70.